The van der Waals surface area contributed by atoms with Crippen LogP contribution in [-0.2, 0) is 14.4 Å². The van der Waals surface area contributed by atoms with E-state index in [2.05, 4.69) is 0 Å². The Kier molecular flexibility index (Phi) is 5.87. The molecule has 0 spiro atoms. The number of carbonyl (C=O) groups is 3. The number of furan rings is 1. The Bertz CT molecular complexity index is 1020. The van der Waals surface area contributed by atoms with Crippen LogP contribution in [0.15, 0.2) is 45.7 Å². The normalized spacial score (nSPS) is 16.6. The molecular weight excluding hydrogens is 426 g/mol. The van der Waals surface area contributed by atoms with Crippen molar-refractivity contribution in [3.8, 4) is 11.3 Å². The Labute approximate surface area is 173 Å². The van der Waals surface area contributed by atoms with E-state index in [1.807, 2.05) is 6.07 Å². The minimum absolute atomic E-state index is 0.0217. The molecule has 1 atom stereocenters. The fourth-order valence-corrected chi connectivity index (χ4v) is 4.09. The Morgan fingerprint density at radius 1 is 1.29 bits per heavy atom. The van der Waals surface area contributed by atoms with E-state index in [9.17, 15) is 19.5 Å². The van der Waals surface area contributed by atoms with Gasteiger partial charge in [0.2, 0.25) is 0 Å². The standard InChI is InChI=1S/C18H12ClNO6S2/c19-10-3-1-2-9(6-10)13-5-4-11(26-13)7-14-16(23)20(18(27)28-14)12(17(24)25)8-15(21)22/h1-7,12H,8H2,(H,21,22)(H,24,25)/b14-7-. The third-order valence-corrected chi connectivity index (χ3v) is 5.36. The molecule has 0 radical (unpaired) electrons. The summed E-state index contributed by atoms with van der Waals surface area (Å²) in [6.45, 7) is 0. The van der Waals surface area contributed by atoms with Gasteiger partial charge in [-0.1, -0.05) is 47.7 Å². The Hall–Kier alpha value is -2.62. The van der Waals surface area contributed by atoms with Gasteiger partial charge in [-0.05, 0) is 24.3 Å². The van der Waals surface area contributed by atoms with Crippen LogP contribution in [-0.4, -0.2) is 43.3 Å². The van der Waals surface area contributed by atoms with Crippen LogP contribution in [0.3, 0.4) is 0 Å². The van der Waals surface area contributed by atoms with Crippen LogP contribution in [0.2, 0.25) is 5.02 Å². The fourth-order valence-electron chi connectivity index (χ4n) is 2.56. The number of carboxylic acid groups (broad SMARTS) is 2. The number of thiocarbonyl (C=S) groups is 1. The summed E-state index contributed by atoms with van der Waals surface area (Å²) >= 11 is 11.9. The molecule has 1 unspecified atom stereocenters. The molecule has 3 rings (SSSR count). The molecule has 0 bridgehead atoms. The van der Waals surface area contributed by atoms with Crippen LogP contribution in [0, 0.1) is 0 Å². The predicted molar refractivity (Wildman–Crippen MR) is 108 cm³/mol. The van der Waals surface area contributed by atoms with Crippen molar-refractivity contribution < 1.29 is 29.0 Å². The van der Waals surface area contributed by atoms with Crippen molar-refractivity contribution in [3.63, 3.8) is 0 Å². The van der Waals surface area contributed by atoms with Crippen LogP contribution < -0.4 is 0 Å². The maximum atomic E-state index is 12.6. The van der Waals surface area contributed by atoms with Gasteiger partial charge in [0.1, 0.15) is 21.9 Å². The lowest BCUT2D eigenvalue weighted by Gasteiger charge is -2.21. The quantitative estimate of drug-likeness (QED) is 0.520. The minimum atomic E-state index is -1.57. The highest BCUT2D eigenvalue weighted by Gasteiger charge is 2.41. The summed E-state index contributed by atoms with van der Waals surface area (Å²) in [5.41, 5.74) is 0.757. The molecule has 7 nitrogen and oxygen atoms in total. The highest BCUT2D eigenvalue weighted by molar-refractivity contribution is 8.26. The van der Waals surface area contributed by atoms with Crippen molar-refractivity contribution in [2.75, 3.05) is 0 Å². The largest absolute Gasteiger partial charge is 0.481 e. The highest BCUT2D eigenvalue weighted by atomic mass is 35.5. The number of carboxylic acids is 2. The first-order chi connectivity index (χ1) is 13.3. The van der Waals surface area contributed by atoms with Gasteiger partial charge >= 0.3 is 11.9 Å². The summed E-state index contributed by atoms with van der Waals surface area (Å²) in [6.07, 6.45) is 0.682. The summed E-state index contributed by atoms with van der Waals surface area (Å²) in [5.74, 6) is -2.56. The van der Waals surface area contributed by atoms with Gasteiger partial charge in [-0.3, -0.25) is 14.5 Å². The topological polar surface area (TPSA) is 108 Å². The number of hydrogen-bond acceptors (Lipinski definition) is 6. The van der Waals surface area contributed by atoms with E-state index in [1.165, 1.54) is 6.08 Å². The molecule has 1 aliphatic heterocycles. The van der Waals surface area contributed by atoms with Gasteiger partial charge in [0, 0.05) is 16.7 Å². The van der Waals surface area contributed by atoms with Crippen molar-refractivity contribution in [1.29, 1.82) is 0 Å². The lowest BCUT2D eigenvalue weighted by Crippen LogP contribution is -2.45. The van der Waals surface area contributed by atoms with Crippen LogP contribution in [0.25, 0.3) is 17.4 Å². The van der Waals surface area contributed by atoms with Gasteiger partial charge in [0.25, 0.3) is 5.91 Å². The zero-order chi connectivity index (χ0) is 20.4. The summed E-state index contributed by atoms with van der Waals surface area (Å²) in [4.78, 5) is 35.9. The zero-order valence-electron chi connectivity index (χ0n) is 14.0. The van der Waals surface area contributed by atoms with E-state index in [0.29, 0.717) is 16.5 Å². The van der Waals surface area contributed by atoms with Gasteiger partial charge in [-0.25, -0.2) is 4.79 Å². The van der Waals surface area contributed by atoms with E-state index < -0.39 is 30.3 Å². The molecule has 1 saturated heterocycles. The molecule has 2 N–H and O–H groups in total. The van der Waals surface area contributed by atoms with Crippen LogP contribution in [0.1, 0.15) is 12.2 Å². The van der Waals surface area contributed by atoms with E-state index in [0.717, 1.165) is 22.2 Å². The molecular formula is C18H12ClNO6S2. The summed E-state index contributed by atoms with van der Waals surface area (Å²) in [6, 6.07) is 8.84. The fraction of sp³-hybridized carbons (Fsp3) is 0.111. The minimum Gasteiger partial charge on any atom is -0.481 e. The highest BCUT2D eigenvalue weighted by Crippen LogP contribution is 2.35. The van der Waals surface area contributed by atoms with E-state index in [-0.39, 0.29) is 9.23 Å². The summed E-state index contributed by atoms with van der Waals surface area (Å²) in [5, 5.41) is 18.7. The number of amides is 1. The lowest BCUT2D eigenvalue weighted by atomic mass is 10.2. The molecule has 0 aliphatic carbocycles. The number of hydrogen-bond donors (Lipinski definition) is 2. The Balaban J connectivity index is 1.86. The molecule has 28 heavy (non-hydrogen) atoms. The maximum Gasteiger partial charge on any atom is 0.327 e. The number of benzene rings is 1. The summed E-state index contributed by atoms with van der Waals surface area (Å²) in [7, 11) is 0. The van der Waals surface area contributed by atoms with Gasteiger partial charge in [0.05, 0.1) is 11.3 Å². The number of rotatable bonds is 6. The second kappa shape index (κ2) is 8.17. The first-order valence-corrected chi connectivity index (χ1v) is 9.44. The number of thioether (sulfide) groups is 1. The molecule has 0 saturated carbocycles. The van der Waals surface area contributed by atoms with Crippen LogP contribution in [0.4, 0.5) is 0 Å². The second-order valence-electron chi connectivity index (χ2n) is 5.72. The SMILES string of the molecule is O=C(O)CC(C(=O)O)N1C(=O)/C(=C/c2ccc(-c3cccc(Cl)c3)o2)SC1=S. The van der Waals surface area contributed by atoms with Gasteiger partial charge in [-0.2, -0.15) is 0 Å². The van der Waals surface area contributed by atoms with Gasteiger partial charge in [0.15, 0.2) is 0 Å². The first kappa shape index (κ1) is 20.1. The van der Waals surface area contributed by atoms with Crippen molar-refractivity contribution in [3.05, 3.63) is 52.1 Å². The van der Waals surface area contributed by atoms with E-state index in [1.54, 1.807) is 30.3 Å². The van der Waals surface area contributed by atoms with Crippen molar-refractivity contribution >= 4 is 63.8 Å². The average Bonchev–Trinajstić information content (AvgIpc) is 3.18. The third-order valence-electron chi connectivity index (χ3n) is 3.80. The molecule has 144 valence electrons. The molecule has 10 heteroatoms. The molecule has 1 aliphatic rings. The first-order valence-electron chi connectivity index (χ1n) is 7.83. The smallest absolute Gasteiger partial charge is 0.327 e. The van der Waals surface area contributed by atoms with Gasteiger partial charge in [-0.15, -0.1) is 0 Å². The Morgan fingerprint density at radius 2 is 2.04 bits per heavy atom. The summed E-state index contributed by atoms with van der Waals surface area (Å²) < 4.78 is 5.68. The van der Waals surface area contributed by atoms with Crippen molar-refractivity contribution in [2.45, 2.75) is 12.5 Å². The molecule has 1 amide bonds. The van der Waals surface area contributed by atoms with Crippen LogP contribution in [0.5, 0.6) is 0 Å². The van der Waals surface area contributed by atoms with Crippen molar-refractivity contribution in [1.82, 2.24) is 4.90 Å². The van der Waals surface area contributed by atoms with Crippen LogP contribution >= 0.6 is 35.6 Å². The third kappa shape index (κ3) is 4.27. The lowest BCUT2D eigenvalue weighted by molar-refractivity contribution is -0.150. The monoisotopic (exact) mass is 437 g/mol. The van der Waals surface area contributed by atoms with E-state index >= 15 is 0 Å². The van der Waals surface area contributed by atoms with Gasteiger partial charge < -0.3 is 14.6 Å². The number of nitrogens with zero attached hydrogens (tertiary/aromatic N) is 1. The average molecular weight is 438 g/mol. The van der Waals surface area contributed by atoms with E-state index in [4.69, 9.17) is 33.3 Å². The predicted octanol–water partition coefficient (Wildman–Crippen LogP) is 3.73. The number of carbonyl (C=O) groups excluding carboxylic acids is 1. The number of aliphatic carboxylic acids is 2. The molecule has 1 fully saturated rings. The van der Waals surface area contributed by atoms with Crippen molar-refractivity contribution in [2.24, 2.45) is 0 Å². The Morgan fingerprint density at radius 3 is 2.68 bits per heavy atom. The molecule has 1 aromatic heterocycles. The maximum absolute atomic E-state index is 12.6. The second-order valence-corrected chi connectivity index (χ2v) is 7.83. The number of halogens is 1. The molecule has 2 aromatic rings. The molecule has 2 heterocycles. The molecule has 1 aromatic carbocycles. The zero-order valence-corrected chi connectivity index (χ0v) is 16.4.